The molecule has 8 nitrogen and oxygen atoms in total. The van der Waals surface area contributed by atoms with Gasteiger partial charge in [0, 0.05) is 24.5 Å². The number of aromatic hydroxyl groups is 1. The van der Waals surface area contributed by atoms with E-state index < -0.39 is 51.9 Å². The molecule has 0 heterocycles. The van der Waals surface area contributed by atoms with E-state index in [0.717, 1.165) is 40.9 Å². The molecule has 6 rings (SSSR count). The highest BCUT2D eigenvalue weighted by Crippen LogP contribution is 2.53. The summed E-state index contributed by atoms with van der Waals surface area (Å²) in [6.45, 7) is 1.84. The number of carbonyl (C=O) groups excluding carboxylic acids is 3. The van der Waals surface area contributed by atoms with Crippen molar-refractivity contribution >= 4 is 33.9 Å². The Bertz CT molecular complexity index is 1750. The number of aliphatic hydroxyl groups excluding tert-OH is 2. The Balaban J connectivity index is 1.54. The standard InChI is InChI=1S/C33H31NO7/c1-16(35)27-26(37)14-19-12-18-13-24-23(22-9-8-17(15-34(2)3)20-6-4-5-7-21(20)22)10-11-25(36)29(24)30(38)28(18)32(40)33(19,41)31(27)39/h4-11,18-19,36,38-39,41H,12-15H2,1-3H3/t18-,19+,33-/m1/s1. The second kappa shape index (κ2) is 9.39. The first-order valence-corrected chi connectivity index (χ1v) is 13.6. The third-order valence-electron chi connectivity index (χ3n) is 8.84. The Hall–Kier alpha value is -4.27. The van der Waals surface area contributed by atoms with Crippen LogP contribution in [0.4, 0.5) is 0 Å². The zero-order valence-electron chi connectivity index (χ0n) is 23.1. The molecule has 1 saturated carbocycles. The molecule has 0 aliphatic heterocycles. The molecule has 3 aromatic rings. The van der Waals surface area contributed by atoms with Gasteiger partial charge in [-0.3, -0.25) is 14.4 Å². The van der Waals surface area contributed by atoms with Gasteiger partial charge in [-0.15, -0.1) is 0 Å². The lowest BCUT2D eigenvalue weighted by atomic mass is 9.59. The number of aliphatic hydroxyl groups is 3. The van der Waals surface area contributed by atoms with Crippen molar-refractivity contribution in [2.24, 2.45) is 11.8 Å². The van der Waals surface area contributed by atoms with Gasteiger partial charge in [0.15, 0.2) is 17.2 Å². The summed E-state index contributed by atoms with van der Waals surface area (Å²) in [5.74, 6) is -5.47. The lowest BCUT2D eigenvalue weighted by Crippen LogP contribution is -2.57. The van der Waals surface area contributed by atoms with Crippen molar-refractivity contribution in [1.82, 2.24) is 4.90 Å². The molecule has 0 radical (unpaired) electrons. The molecule has 0 aromatic heterocycles. The minimum Gasteiger partial charge on any atom is -0.508 e. The van der Waals surface area contributed by atoms with E-state index >= 15 is 0 Å². The highest BCUT2D eigenvalue weighted by atomic mass is 16.3. The Morgan fingerprint density at radius 3 is 2.32 bits per heavy atom. The molecule has 41 heavy (non-hydrogen) atoms. The zero-order valence-corrected chi connectivity index (χ0v) is 23.1. The monoisotopic (exact) mass is 553 g/mol. The van der Waals surface area contributed by atoms with Crippen molar-refractivity contribution in [2.75, 3.05) is 14.1 Å². The fraction of sp³-hybridized carbons (Fsp3) is 0.303. The van der Waals surface area contributed by atoms with Gasteiger partial charge in [0.2, 0.25) is 5.78 Å². The fourth-order valence-electron chi connectivity index (χ4n) is 7.06. The molecule has 210 valence electrons. The van der Waals surface area contributed by atoms with Gasteiger partial charge in [-0.1, -0.05) is 42.5 Å². The minimum atomic E-state index is -2.50. The molecule has 8 heteroatoms. The van der Waals surface area contributed by atoms with E-state index in [-0.39, 0.29) is 36.1 Å². The number of nitrogens with zero attached hydrogens (tertiary/aromatic N) is 1. The van der Waals surface area contributed by atoms with Crippen LogP contribution in [0.2, 0.25) is 0 Å². The molecule has 3 aromatic carbocycles. The van der Waals surface area contributed by atoms with Gasteiger partial charge < -0.3 is 25.3 Å². The summed E-state index contributed by atoms with van der Waals surface area (Å²) in [6, 6.07) is 15.4. The number of carbonyl (C=O) groups is 3. The van der Waals surface area contributed by atoms with Gasteiger partial charge in [0.05, 0.1) is 5.56 Å². The van der Waals surface area contributed by atoms with Crippen molar-refractivity contribution < 1.29 is 34.8 Å². The second-order valence-electron chi connectivity index (χ2n) is 11.6. The third-order valence-corrected chi connectivity index (χ3v) is 8.84. The van der Waals surface area contributed by atoms with Crippen molar-refractivity contribution in [3.8, 4) is 16.9 Å². The SMILES string of the molecule is CC(=O)C1=C(O)[C@@]2(O)C(=O)C3=C(O)c4c(O)ccc(-c5ccc(CN(C)C)c6ccccc56)c4C[C@H]3C[C@H]2CC1=O. The van der Waals surface area contributed by atoms with Gasteiger partial charge in [0.1, 0.15) is 22.8 Å². The molecule has 0 bridgehead atoms. The summed E-state index contributed by atoms with van der Waals surface area (Å²) >= 11 is 0. The predicted molar refractivity (Wildman–Crippen MR) is 153 cm³/mol. The number of fused-ring (bicyclic) bond motifs is 4. The van der Waals surface area contributed by atoms with Gasteiger partial charge in [-0.25, -0.2) is 0 Å². The van der Waals surface area contributed by atoms with E-state index in [9.17, 15) is 34.8 Å². The largest absolute Gasteiger partial charge is 0.508 e. The van der Waals surface area contributed by atoms with Crippen LogP contribution in [0.15, 0.2) is 65.4 Å². The number of rotatable bonds is 4. The van der Waals surface area contributed by atoms with E-state index in [1.807, 2.05) is 38.4 Å². The lowest BCUT2D eigenvalue weighted by Gasteiger charge is -2.46. The van der Waals surface area contributed by atoms with Crippen LogP contribution in [-0.2, 0) is 27.3 Å². The predicted octanol–water partition coefficient (Wildman–Crippen LogP) is 4.41. The Morgan fingerprint density at radius 1 is 0.951 bits per heavy atom. The maximum absolute atomic E-state index is 13.8. The minimum absolute atomic E-state index is 0.104. The van der Waals surface area contributed by atoms with E-state index in [4.69, 9.17) is 0 Å². The van der Waals surface area contributed by atoms with Gasteiger partial charge in [0.25, 0.3) is 0 Å². The van der Waals surface area contributed by atoms with Gasteiger partial charge in [-0.05, 0) is 78.9 Å². The summed E-state index contributed by atoms with van der Waals surface area (Å²) in [6.07, 6.45) is 0.117. The molecule has 0 unspecified atom stereocenters. The van der Waals surface area contributed by atoms with Crippen LogP contribution in [0.5, 0.6) is 5.75 Å². The molecular formula is C33H31NO7. The average Bonchev–Trinajstić information content (AvgIpc) is 2.91. The van der Waals surface area contributed by atoms with Gasteiger partial charge >= 0.3 is 0 Å². The number of hydrogen-bond acceptors (Lipinski definition) is 8. The van der Waals surface area contributed by atoms with Crippen LogP contribution in [0.25, 0.3) is 27.7 Å². The first kappa shape index (κ1) is 26.9. The quantitative estimate of drug-likeness (QED) is 0.349. The molecule has 0 spiro atoms. The van der Waals surface area contributed by atoms with Crippen LogP contribution in [0, 0.1) is 11.8 Å². The van der Waals surface area contributed by atoms with E-state index in [1.165, 1.54) is 6.07 Å². The third kappa shape index (κ3) is 3.85. The summed E-state index contributed by atoms with van der Waals surface area (Å²) < 4.78 is 0. The van der Waals surface area contributed by atoms with Crippen molar-refractivity contribution in [3.63, 3.8) is 0 Å². The van der Waals surface area contributed by atoms with Crippen molar-refractivity contribution in [3.05, 3.63) is 82.1 Å². The summed E-state index contributed by atoms with van der Waals surface area (Å²) in [5.41, 5.74) is 0.431. The van der Waals surface area contributed by atoms with Crippen LogP contribution in [0.3, 0.4) is 0 Å². The molecule has 0 saturated heterocycles. The first-order valence-electron chi connectivity index (χ1n) is 13.6. The molecule has 4 N–H and O–H groups in total. The number of allylic oxidation sites excluding steroid dienone is 1. The van der Waals surface area contributed by atoms with Crippen molar-refractivity contribution in [1.29, 1.82) is 0 Å². The summed E-state index contributed by atoms with van der Waals surface area (Å²) in [7, 11) is 4.02. The van der Waals surface area contributed by atoms with E-state index in [2.05, 4.69) is 17.0 Å². The maximum Gasteiger partial charge on any atom is 0.202 e. The lowest BCUT2D eigenvalue weighted by molar-refractivity contribution is -0.147. The normalized spacial score (nSPS) is 24.0. The zero-order chi connectivity index (χ0) is 29.4. The molecular weight excluding hydrogens is 522 g/mol. The van der Waals surface area contributed by atoms with E-state index in [1.54, 1.807) is 6.07 Å². The molecule has 3 aliphatic rings. The highest BCUT2D eigenvalue weighted by Gasteiger charge is 2.60. The number of benzene rings is 3. The molecule has 3 aliphatic carbocycles. The highest BCUT2D eigenvalue weighted by molar-refractivity contribution is 6.23. The maximum atomic E-state index is 13.8. The van der Waals surface area contributed by atoms with E-state index in [0.29, 0.717) is 5.56 Å². The Morgan fingerprint density at radius 2 is 1.63 bits per heavy atom. The Labute approximate surface area is 236 Å². The first-order chi connectivity index (χ1) is 19.4. The summed E-state index contributed by atoms with van der Waals surface area (Å²) in [4.78, 5) is 40.7. The Kier molecular flexibility index (Phi) is 6.17. The average molecular weight is 554 g/mol. The molecule has 3 atom stereocenters. The van der Waals surface area contributed by atoms with Crippen molar-refractivity contribution in [2.45, 2.75) is 38.3 Å². The topological polar surface area (TPSA) is 135 Å². The smallest absolute Gasteiger partial charge is 0.202 e. The fourth-order valence-corrected chi connectivity index (χ4v) is 7.06. The van der Waals surface area contributed by atoms with Gasteiger partial charge in [-0.2, -0.15) is 0 Å². The van der Waals surface area contributed by atoms with Crippen LogP contribution < -0.4 is 0 Å². The number of phenols is 1. The van der Waals surface area contributed by atoms with Crippen LogP contribution in [-0.4, -0.2) is 62.4 Å². The number of phenolic OH excluding ortho intramolecular Hbond substituents is 1. The number of ketones is 3. The molecule has 0 amide bonds. The molecule has 1 fully saturated rings. The van der Waals surface area contributed by atoms with Crippen LogP contribution >= 0.6 is 0 Å². The number of Topliss-reactive ketones (excluding diaryl/α,β-unsaturated/α-hetero) is 3. The summed E-state index contributed by atoms with van der Waals surface area (Å²) in [5, 5.41) is 46.8. The number of hydrogen-bond donors (Lipinski definition) is 4. The second-order valence-corrected chi connectivity index (χ2v) is 11.6. The van der Waals surface area contributed by atoms with Crippen LogP contribution in [0.1, 0.15) is 36.5 Å².